The molecule has 0 aliphatic heterocycles. The Kier molecular flexibility index (Phi) is 3.29. The number of hydrogen-bond donors (Lipinski definition) is 1. The number of aromatic nitrogens is 2. The minimum atomic E-state index is -0.202. The molecule has 0 atom stereocenters. The Morgan fingerprint density at radius 1 is 1.21 bits per heavy atom. The molecule has 96 valence electrons. The number of carbonyl (C=O) groups is 1. The van der Waals surface area contributed by atoms with Crippen LogP contribution in [0.4, 0.5) is 5.69 Å². The van der Waals surface area contributed by atoms with Crippen LogP contribution in [0, 0.1) is 0 Å². The summed E-state index contributed by atoms with van der Waals surface area (Å²) in [6, 6.07) is 9.22. The highest BCUT2D eigenvalue weighted by atomic mass is 79.9. The van der Waals surface area contributed by atoms with Gasteiger partial charge in [-0.1, -0.05) is 15.9 Å². The van der Waals surface area contributed by atoms with Crippen LogP contribution in [0.25, 0.3) is 0 Å². The Morgan fingerprint density at radius 3 is 2.63 bits per heavy atom. The zero-order valence-electron chi connectivity index (χ0n) is 10.1. The van der Waals surface area contributed by atoms with Gasteiger partial charge in [0.2, 0.25) is 0 Å². The summed E-state index contributed by atoms with van der Waals surface area (Å²) in [5.74, 6) is 0.314. The molecule has 3 rings (SSSR count). The highest BCUT2D eigenvalue weighted by Crippen LogP contribution is 2.38. The second-order valence-electron chi connectivity index (χ2n) is 4.56. The quantitative estimate of drug-likeness (QED) is 0.944. The molecule has 1 amide bonds. The van der Waals surface area contributed by atoms with Gasteiger partial charge in [0.05, 0.1) is 0 Å². The number of carbonyl (C=O) groups excluding carboxylic acids is 1. The third kappa shape index (κ3) is 2.98. The molecule has 1 aliphatic rings. The number of nitrogens with one attached hydrogen (secondary N) is 1. The Labute approximate surface area is 119 Å². The van der Waals surface area contributed by atoms with E-state index in [0.717, 1.165) is 28.7 Å². The fraction of sp³-hybridized carbons (Fsp3) is 0.214. The van der Waals surface area contributed by atoms with E-state index < -0.39 is 0 Å². The van der Waals surface area contributed by atoms with Crippen LogP contribution in [0.3, 0.4) is 0 Å². The third-order valence-electron chi connectivity index (χ3n) is 3.02. The molecule has 1 saturated carbocycles. The topological polar surface area (TPSA) is 54.9 Å². The first kappa shape index (κ1) is 12.3. The normalized spacial score (nSPS) is 14.2. The van der Waals surface area contributed by atoms with E-state index in [-0.39, 0.29) is 5.91 Å². The average Bonchev–Trinajstić information content (AvgIpc) is 3.26. The van der Waals surface area contributed by atoms with Crippen LogP contribution < -0.4 is 5.32 Å². The van der Waals surface area contributed by atoms with E-state index in [1.165, 1.54) is 6.33 Å². The van der Waals surface area contributed by atoms with Crippen molar-refractivity contribution < 1.29 is 4.79 Å². The van der Waals surface area contributed by atoms with E-state index in [2.05, 4.69) is 31.2 Å². The summed E-state index contributed by atoms with van der Waals surface area (Å²) in [6.07, 6.45) is 3.78. The summed E-state index contributed by atoms with van der Waals surface area (Å²) in [6.45, 7) is 0. The number of rotatable bonds is 3. The summed E-state index contributed by atoms with van der Waals surface area (Å²) < 4.78 is 0.976. The van der Waals surface area contributed by atoms with Crippen LogP contribution in [0.15, 0.2) is 41.1 Å². The van der Waals surface area contributed by atoms with Gasteiger partial charge in [0.15, 0.2) is 0 Å². The average molecular weight is 318 g/mol. The highest BCUT2D eigenvalue weighted by molar-refractivity contribution is 9.10. The minimum absolute atomic E-state index is 0.202. The summed E-state index contributed by atoms with van der Waals surface area (Å²) >= 11 is 3.36. The lowest BCUT2D eigenvalue weighted by Crippen LogP contribution is -2.14. The molecule has 1 aromatic heterocycles. The van der Waals surface area contributed by atoms with Gasteiger partial charge in [-0.15, -0.1) is 0 Å². The molecular formula is C14H12BrN3O. The lowest BCUT2D eigenvalue weighted by molar-refractivity contribution is 0.102. The Hall–Kier alpha value is -1.75. The van der Waals surface area contributed by atoms with Crippen molar-refractivity contribution in [1.29, 1.82) is 0 Å². The maximum atomic E-state index is 12.1. The monoisotopic (exact) mass is 317 g/mol. The van der Waals surface area contributed by atoms with Gasteiger partial charge in [0.1, 0.15) is 12.0 Å². The molecule has 0 saturated heterocycles. The van der Waals surface area contributed by atoms with Crippen molar-refractivity contribution in [1.82, 2.24) is 9.97 Å². The van der Waals surface area contributed by atoms with Gasteiger partial charge in [0.25, 0.3) is 5.91 Å². The van der Waals surface area contributed by atoms with Crippen molar-refractivity contribution in [2.75, 3.05) is 5.32 Å². The molecular weight excluding hydrogens is 306 g/mol. The Morgan fingerprint density at radius 2 is 1.95 bits per heavy atom. The third-order valence-corrected chi connectivity index (χ3v) is 3.55. The van der Waals surface area contributed by atoms with Gasteiger partial charge >= 0.3 is 0 Å². The largest absolute Gasteiger partial charge is 0.321 e. The zero-order valence-corrected chi connectivity index (χ0v) is 11.7. The summed E-state index contributed by atoms with van der Waals surface area (Å²) in [5.41, 5.74) is 2.13. The van der Waals surface area contributed by atoms with E-state index >= 15 is 0 Å². The van der Waals surface area contributed by atoms with Crippen LogP contribution in [0.1, 0.15) is 34.9 Å². The number of benzene rings is 1. The van der Waals surface area contributed by atoms with E-state index in [1.54, 1.807) is 6.07 Å². The predicted octanol–water partition coefficient (Wildman–Crippen LogP) is 3.37. The van der Waals surface area contributed by atoms with Gasteiger partial charge in [-0.2, -0.15) is 0 Å². The van der Waals surface area contributed by atoms with Gasteiger partial charge in [-0.25, -0.2) is 9.97 Å². The number of nitrogens with zero attached hydrogens (tertiary/aromatic N) is 2. The van der Waals surface area contributed by atoms with Crippen molar-refractivity contribution in [2.24, 2.45) is 0 Å². The minimum Gasteiger partial charge on any atom is -0.321 e. The number of halogens is 1. The van der Waals surface area contributed by atoms with Crippen molar-refractivity contribution in [3.63, 3.8) is 0 Å². The highest BCUT2D eigenvalue weighted by Gasteiger charge is 2.25. The summed E-state index contributed by atoms with van der Waals surface area (Å²) in [4.78, 5) is 20.3. The molecule has 0 unspecified atom stereocenters. The smallest absolute Gasteiger partial charge is 0.274 e. The second kappa shape index (κ2) is 5.09. The lowest BCUT2D eigenvalue weighted by Gasteiger charge is -2.05. The summed E-state index contributed by atoms with van der Waals surface area (Å²) in [5, 5.41) is 2.82. The van der Waals surface area contributed by atoms with Crippen molar-refractivity contribution in [3.05, 3.63) is 52.5 Å². The molecule has 19 heavy (non-hydrogen) atoms. The first-order valence-corrected chi connectivity index (χ1v) is 6.90. The molecule has 2 aromatic rings. The molecule has 1 fully saturated rings. The van der Waals surface area contributed by atoms with E-state index in [4.69, 9.17) is 0 Å². The molecule has 5 heteroatoms. The van der Waals surface area contributed by atoms with Gasteiger partial charge in [0, 0.05) is 21.8 Å². The molecule has 1 heterocycles. The van der Waals surface area contributed by atoms with E-state index in [1.807, 2.05) is 24.3 Å². The van der Waals surface area contributed by atoms with Crippen LogP contribution in [-0.2, 0) is 0 Å². The van der Waals surface area contributed by atoms with Gasteiger partial charge in [-0.3, -0.25) is 4.79 Å². The molecule has 4 nitrogen and oxygen atoms in total. The van der Waals surface area contributed by atoms with Gasteiger partial charge < -0.3 is 5.32 Å². The molecule has 0 radical (unpaired) electrons. The molecule has 1 N–H and O–H groups in total. The lowest BCUT2D eigenvalue weighted by atomic mass is 10.2. The molecule has 1 aromatic carbocycles. The zero-order chi connectivity index (χ0) is 13.2. The maximum absolute atomic E-state index is 12.1. The fourth-order valence-electron chi connectivity index (χ4n) is 1.83. The first-order chi connectivity index (χ1) is 9.22. The number of amides is 1. The van der Waals surface area contributed by atoms with Crippen molar-refractivity contribution in [2.45, 2.75) is 18.8 Å². The molecule has 0 bridgehead atoms. The van der Waals surface area contributed by atoms with Crippen LogP contribution in [0.5, 0.6) is 0 Å². The van der Waals surface area contributed by atoms with Crippen LogP contribution in [0.2, 0.25) is 0 Å². The number of hydrogen-bond acceptors (Lipinski definition) is 3. The molecule has 0 spiro atoms. The predicted molar refractivity (Wildman–Crippen MR) is 76.1 cm³/mol. The summed E-state index contributed by atoms with van der Waals surface area (Å²) in [7, 11) is 0. The van der Waals surface area contributed by atoms with Crippen molar-refractivity contribution >= 4 is 27.5 Å². The van der Waals surface area contributed by atoms with Crippen LogP contribution >= 0.6 is 15.9 Å². The van der Waals surface area contributed by atoms with E-state index in [0.29, 0.717) is 11.6 Å². The molecule has 1 aliphatic carbocycles. The number of anilines is 1. The maximum Gasteiger partial charge on any atom is 0.274 e. The fourth-order valence-corrected chi connectivity index (χ4v) is 2.09. The van der Waals surface area contributed by atoms with E-state index in [9.17, 15) is 4.79 Å². The Bertz CT molecular complexity index is 608. The first-order valence-electron chi connectivity index (χ1n) is 6.11. The van der Waals surface area contributed by atoms with Gasteiger partial charge in [-0.05, 0) is 43.2 Å². The van der Waals surface area contributed by atoms with Crippen LogP contribution in [-0.4, -0.2) is 15.9 Å². The Balaban J connectivity index is 1.76. The second-order valence-corrected chi connectivity index (χ2v) is 5.48. The standard InChI is InChI=1S/C14H12BrN3O/c15-10-3-5-11(6-4-10)18-14(19)13-7-12(9-1-2-9)16-8-17-13/h3-9H,1-2H2,(H,18,19). The SMILES string of the molecule is O=C(Nc1ccc(Br)cc1)c1cc(C2CC2)ncn1. The van der Waals surface area contributed by atoms with Crippen molar-refractivity contribution in [3.8, 4) is 0 Å².